The van der Waals surface area contributed by atoms with Crippen molar-refractivity contribution in [3.63, 3.8) is 0 Å². The fraction of sp³-hybridized carbons (Fsp3) is 1.00. The quantitative estimate of drug-likeness (QED) is 0.319. The lowest BCUT2D eigenvalue weighted by molar-refractivity contribution is 0.327. The first kappa shape index (κ1) is 17.2. The predicted octanol–water partition coefficient (Wildman–Crippen LogP) is 5.76. The Bertz CT molecular complexity index is 157. The van der Waals surface area contributed by atoms with E-state index in [2.05, 4.69) is 26.9 Å². The highest BCUT2D eigenvalue weighted by molar-refractivity contribution is 6.71. The van der Waals surface area contributed by atoms with E-state index in [0.717, 1.165) is 6.61 Å². The molecule has 104 valence electrons. The van der Waals surface area contributed by atoms with E-state index >= 15 is 0 Å². The van der Waals surface area contributed by atoms with Gasteiger partial charge in [-0.1, -0.05) is 64.7 Å². The van der Waals surface area contributed by atoms with Gasteiger partial charge in [0.2, 0.25) is 0 Å². The molecule has 1 nitrogen and oxygen atoms in total. The minimum Gasteiger partial charge on any atom is -0.418 e. The van der Waals surface area contributed by atoms with E-state index < -0.39 is 8.32 Å². The third-order valence-corrected chi connectivity index (χ3v) is 6.05. The van der Waals surface area contributed by atoms with Gasteiger partial charge < -0.3 is 4.43 Å². The molecule has 0 N–H and O–H groups in total. The van der Waals surface area contributed by atoms with Crippen molar-refractivity contribution in [1.29, 1.82) is 0 Å². The summed E-state index contributed by atoms with van der Waals surface area (Å²) in [5, 5.41) is 0. The van der Waals surface area contributed by atoms with Crippen LogP contribution in [0.1, 0.15) is 71.6 Å². The van der Waals surface area contributed by atoms with Gasteiger partial charge in [-0.2, -0.15) is 0 Å². The number of hydrogen-bond acceptors (Lipinski definition) is 1. The first-order chi connectivity index (χ1) is 8.12. The molecule has 0 aliphatic heterocycles. The van der Waals surface area contributed by atoms with Gasteiger partial charge in [0.1, 0.15) is 0 Å². The molecule has 0 saturated carbocycles. The molecular formula is C15H34OSi. The fourth-order valence-corrected chi connectivity index (χ4v) is 4.35. The third-order valence-electron chi connectivity index (χ3n) is 3.42. The van der Waals surface area contributed by atoms with Crippen LogP contribution in [-0.4, -0.2) is 14.9 Å². The SMILES string of the molecule is CCCCCCCCCCC[Si](C)(C)OCC. The Morgan fingerprint density at radius 2 is 1.18 bits per heavy atom. The Labute approximate surface area is 110 Å². The maximum atomic E-state index is 5.84. The summed E-state index contributed by atoms with van der Waals surface area (Å²) in [5.74, 6) is 0. The van der Waals surface area contributed by atoms with Gasteiger partial charge in [0.15, 0.2) is 8.32 Å². The molecule has 2 heteroatoms. The van der Waals surface area contributed by atoms with Crippen molar-refractivity contribution in [1.82, 2.24) is 0 Å². The highest BCUT2D eigenvalue weighted by Gasteiger charge is 2.20. The van der Waals surface area contributed by atoms with Crippen molar-refractivity contribution in [3.05, 3.63) is 0 Å². The summed E-state index contributed by atoms with van der Waals surface area (Å²) in [6, 6.07) is 1.34. The molecule has 0 heterocycles. The zero-order valence-electron chi connectivity index (χ0n) is 12.7. The molecule has 0 aromatic carbocycles. The van der Waals surface area contributed by atoms with E-state index in [4.69, 9.17) is 4.43 Å². The number of unbranched alkanes of at least 4 members (excludes halogenated alkanes) is 8. The van der Waals surface area contributed by atoms with Gasteiger partial charge in [-0.05, 0) is 26.1 Å². The molecule has 0 rings (SSSR count). The molecule has 0 spiro atoms. The average molecular weight is 259 g/mol. The first-order valence-corrected chi connectivity index (χ1v) is 10.9. The van der Waals surface area contributed by atoms with Gasteiger partial charge in [-0.3, -0.25) is 0 Å². The van der Waals surface area contributed by atoms with Crippen LogP contribution in [0.4, 0.5) is 0 Å². The first-order valence-electron chi connectivity index (χ1n) is 7.76. The lowest BCUT2D eigenvalue weighted by Gasteiger charge is -2.21. The molecule has 0 atom stereocenters. The Morgan fingerprint density at radius 3 is 1.65 bits per heavy atom. The average Bonchev–Trinajstić information content (AvgIpc) is 2.27. The Balaban J connectivity index is 3.18. The smallest absolute Gasteiger partial charge is 0.186 e. The highest BCUT2D eigenvalue weighted by atomic mass is 28.4. The van der Waals surface area contributed by atoms with Gasteiger partial charge >= 0.3 is 0 Å². The van der Waals surface area contributed by atoms with E-state index in [0.29, 0.717) is 0 Å². The van der Waals surface area contributed by atoms with Crippen LogP contribution in [-0.2, 0) is 4.43 Å². The predicted molar refractivity (Wildman–Crippen MR) is 81.1 cm³/mol. The Hall–Kier alpha value is 0.177. The Morgan fingerprint density at radius 1 is 0.706 bits per heavy atom. The summed E-state index contributed by atoms with van der Waals surface area (Å²) < 4.78 is 5.84. The molecule has 0 bridgehead atoms. The van der Waals surface area contributed by atoms with Crippen LogP contribution in [0.3, 0.4) is 0 Å². The minimum atomic E-state index is -1.29. The molecule has 0 aliphatic carbocycles. The second-order valence-corrected chi connectivity index (χ2v) is 10.1. The summed E-state index contributed by atoms with van der Waals surface area (Å²) >= 11 is 0. The van der Waals surface area contributed by atoms with Crippen molar-refractivity contribution >= 4 is 8.32 Å². The van der Waals surface area contributed by atoms with E-state index in [1.807, 2.05) is 0 Å². The minimum absolute atomic E-state index is 0.899. The molecule has 0 radical (unpaired) electrons. The standard InChI is InChI=1S/C15H34OSi/c1-5-7-8-9-10-11-12-13-14-15-17(3,4)16-6-2/h5-15H2,1-4H3. The van der Waals surface area contributed by atoms with Gasteiger partial charge in [0.05, 0.1) is 0 Å². The fourth-order valence-electron chi connectivity index (χ4n) is 2.32. The van der Waals surface area contributed by atoms with Crippen molar-refractivity contribution < 1.29 is 4.43 Å². The lowest BCUT2D eigenvalue weighted by atomic mass is 10.1. The van der Waals surface area contributed by atoms with E-state index in [1.54, 1.807) is 0 Å². The van der Waals surface area contributed by atoms with Crippen LogP contribution >= 0.6 is 0 Å². The van der Waals surface area contributed by atoms with Crippen LogP contribution in [0, 0.1) is 0 Å². The number of rotatable bonds is 12. The zero-order chi connectivity index (χ0) is 13.0. The monoisotopic (exact) mass is 258 g/mol. The van der Waals surface area contributed by atoms with Crippen LogP contribution in [0.2, 0.25) is 19.1 Å². The zero-order valence-corrected chi connectivity index (χ0v) is 13.7. The van der Waals surface area contributed by atoms with Crippen LogP contribution < -0.4 is 0 Å². The summed E-state index contributed by atoms with van der Waals surface area (Å²) in [6.07, 6.45) is 12.8. The summed E-state index contributed by atoms with van der Waals surface area (Å²) in [6.45, 7) is 9.99. The van der Waals surface area contributed by atoms with Gasteiger partial charge in [0.25, 0.3) is 0 Å². The molecule has 0 amide bonds. The van der Waals surface area contributed by atoms with Crippen LogP contribution in [0.5, 0.6) is 0 Å². The van der Waals surface area contributed by atoms with Crippen molar-refractivity contribution in [3.8, 4) is 0 Å². The van der Waals surface area contributed by atoms with E-state index in [1.165, 1.54) is 63.8 Å². The molecular weight excluding hydrogens is 224 g/mol. The van der Waals surface area contributed by atoms with E-state index in [-0.39, 0.29) is 0 Å². The summed E-state index contributed by atoms with van der Waals surface area (Å²) in [7, 11) is -1.29. The third kappa shape index (κ3) is 12.4. The second kappa shape index (κ2) is 11.3. The van der Waals surface area contributed by atoms with Crippen LogP contribution in [0.25, 0.3) is 0 Å². The maximum Gasteiger partial charge on any atom is 0.186 e. The van der Waals surface area contributed by atoms with E-state index in [9.17, 15) is 0 Å². The van der Waals surface area contributed by atoms with Crippen molar-refractivity contribution in [2.45, 2.75) is 90.8 Å². The maximum absolute atomic E-state index is 5.84. The highest BCUT2D eigenvalue weighted by Crippen LogP contribution is 2.17. The molecule has 0 fully saturated rings. The van der Waals surface area contributed by atoms with Crippen molar-refractivity contribution in [2.75, 3.05) is 6.61 Å². The second-order valence-electron chi connectivity index (χ2n) is 5.77. The Kier molecular flexibility index (Phi) is 11.4. The van der Waals surface area contributed by atoms with Gasteiger partial charge in [-0.15, -0.1) is 0 Å². The molecule has 0 aromatic rings. The lowest BCUT2D eigenvalue weighted by Crippen LogP contribution is -2.29. The van der Waals surface area contributed by atoms with Crippen LogP contribution in [0.15, 0.2) is 0 Å². The molecule has 17 heavy (non-hydrogen) atoms. The molecule has 0 aromatic heterocycles. The van der Waals surface area contributed by atoms with Gasteiger partial charge in [-0.25, -0.2) is 0 Å². The molecule has 0 aliphatic rings. The molecule has 0 unspecified atom stereocenters. The number of hydrogen-bond donors (Lipinski definition) is 0. The summed E-state index contributed by atoms with van der Waals surface area (Å²) in [5.41, 5.74) is 0. The van der Waals surface area contributed by atoms with Gasteiger partial charge in [0, 0.05) is 6.61 Å². The topological polar surface area (TPSA) is 9.23 Å². The normalized spacial score (nSPS) is 12.0. The summed E-state index contributed by atoms with van der Waals surface area (Å²) in [4.78, 5) is 0. The molecule has 0 saturated heterocycles. The van der Waals surface area contributed by atoms with Crippen molar-refractivity contribution in [2.24, 2.45) is 0 Å². The largest absolute Gasteiger partial charge is 0.418 e.